The molecule has 19 heavy (non-hydrogen) atoms. The molecule has 3 saturated carbocycles. The molecule has 0 saturated heterocycles. The number of nitrogens with two attached hydrogens (primary N) is 1. The second-order valence-electron chi connectivity index (χ2n) is 6.68. The highest BCUT2D eigenvalue weighted by Crippen LogP contribution is 2.44. The van der Waals surface area contributed by atoms with E-state index in [0.717, 1.165) is 25.7 Å². The molecular formula is C14H22F2N2O. The Bertz CT molecular complexity index is 352. The van der Waals surface area contributed by atoms with E-state index in [9.17, 15) is 13.6 Å². The molecule has 3 aliphatic carbocycles. The van der Waals surface area contributed by atoms with Crippen LogP contribution < -0.4 is 11.1 Å². The molecule has 2 atom stereocenters. The van der Waals surface area contributed by atoms with Crippen LogP contribution in [0.5, 0.6) is 0 Å². The Balaban J connectivity index is 1.59. The van der Waals surface area contributed by atoms with Crippen LogP contribution in [0.15, 0.2) is 0 Å². The van der Waals surface area contributed by atoms with Gasteiger partial charge in [-0.05, 0) is 37.5 Å². The summed E-state index contributed by atoms with van der Waals surface area (Å²) in [5, 5.41) is 3.05. The van der Waals surface area contributed by atoms with Gasteiger partial charge in [0, 0.05) is 30.8 Å². The van der Waals surface area contributed by atoms with Crippen molar-refractivity contribution in [2.24, 2.45) is 23.5 Å². The quantitative estimate of drug-likeness (QED) is 0.808. The number of hydrogen-bond acceptors (Lipinski definition) is 2. The fourth-order valence-corrected chi connectivity index (χ4v) is 4.15. The van der Waals surface area contributed by atoms with E-state index in [0.29, 0.717) is 11.8 Å². The summed E-state index contributed by atoms with van der Waals surface area (Å²) in [5.74, 6) is -2.36. The predicted octanol–water partition coefficient (Wildman–Crippen LogP) is 2.05. The second kappa shape index (κ2) is 4.69. The summed E-state index contributed by atoms with van der Waals surface area (Å²) >= 11 is 0. The van der Waals surface area contributed by atoms with Gasteiger partial charge in [-0.1, -0.05) is 6.42 Å². The van der Waals surface area contributed by atoms with Gasteiger partial charge in [-0.15, -0.1) is 0 Å². The van der Waals surface area contributed by atoms with E-state index in [2.05, 4.69) is 5.32 Å². The number of hydrogen-bond donors (Lipinski definition) is 2. The summed E-state index contributed by atoms with van der Waals surface area (Å²) in [7, 11) is 0. The maximum atomic E-state index is 12.8. The molecule has 3 nitrogen and oxygen atoms in total. The zero-order valence-electron chi connectivity index (χ0n) is 11.1. The molecule has 0 aromatic heterocycles. The Labute approximate surface area is 112 Å². The molecule has 0 aliphatic heterocycles. The van der Waals surface area contributed by atoms with Crippen LogP contribution in [-0.2, 0) is 4.79 Å². The summed E-state index contributed by atoms with van der Waals surface area (Å²) in [6.07, 6.45) is 4.78. The Hall–Kier alpha value is -0.710. The fourth-order valence-electron chi connectivity index (χ4n) is 4.15. The van der Waals surface area contributed by atoms with Crippen LogP contribution in [-0.4, -0.2) is 23.9 Å². The van der Waals surface area contributed by atoms with Gasteiger partial charge in [-0.2, -0.15) is 0 Å². The van der Waals surface area contributed by atoms with Crippen LogP contribution >= 0.6 is 0 Å². The lowest BCUT2D eigenvalue weighted by Gasteiger charge is -2.46. The lowest BCUT2D eigenvalue weighted by molar-refractivity contribution is -0.152. The number of fused-ring (bicyclic) bond motifs is 2. The maximum Gasteiger partial charge on any atom is 0.249 e. The minimum absolute atomic E-state index is 0.164. The molecular weight excluding hydrogens is 250 g/mol. The zero-order chi connectivity index (χ0) is 13.6. The largest absolute Gasteiger partial charge is 0.353 e. The molecule has 3 fully saturated rings. The summed E-state index contributed by atoms with van der Waals surface area (Å²) in [5.41, 5.74) is 6.04. The van der Waals surface area contributed by atoms with Crippen molar-refractivity contribution in [2.75, 3.05) is 0 Å². The van der Waals surface area contributed by atoms with E-state index >= 15 is 0 Å². The summed E-state index contributed by atoms with van der Waals surface area (Å²) < 4.78 is 25.6. The minimum atomic E-state index is -2.62. The van der Waals surface area contributed by atoms with Crippen molar-refractivity contribution in [3.05, 3.63) is 0 Å². The first-order valence-electron chi connectivity index (χ1n) is 7.38. The van der Waals surface area contributed by atoms with E-state index in [4.69, 9.17) is 5.73 Å². The van der Waals surface area contributed by atoms with Crippen molar-refractivity contribution < 1.29 is 13.6 Å². The summed E-state index contributed by atoms with van der Waals surface area (Å²) in [4.78, 5) is 12.0. The van der Waals surface area contributed by atoms with Gasteiger partial charge in [0.25, 0.3) is 0 Å². The van der Waals surface area contributed by atoms with E-state index < -0.39 is 11.8 Å². The van der Waals surface area contributed by atoms with E-state index in [1.165, 1.54) is 6.42 Å². The summed E-state index contributed by atoms with van der Waals surface area (Å²) in [6.45, 7) is 0. The van der Waals surface area contributed by atoms with E-state index in [1.54, 1.807) is 0 Å². The van der Waals surface area contributed by atoms with Gasteiger partial charge < -0.3 is 11.1 Å². The SMILES string of the molecule is NC1CC2CCCC(C1)C2NC(=O)C1CC(F)(F)C1. The number of nitrogens with one attached hydrogen (secondary N) is 1. The number of rotatable bonds is 2. The average molecular weight is 272 g/mol. The Morgan fingerprint density at radius 3 is 2.26 bits per heavy atom. The highest BCUT2D eigenvalue weighted by atomic mass is 19.3. The molecule has 2 bridgehead atoms. The first-order valence-corrected chi connectivity index (χ1v) is 7.38. The molecule has 0 heterocycles. The van der Waals surface area contributed by atoms with Gasteiger partial charge in [-0.3, -0.25) is 4.79 Å². The topological polar surface area (TPSA) is 55.1 Å². The van der Waals surface area contributed by atoms with Gasteiger partial charge >= 0.3 is 0 Å². The van der Waals surface area contributed by atoms with Crippen molar-refractivity contribution in [2.45, 2.75) is 63.0 Å². The molecule has 5 heteroatoms. The highest BCUT2D eigenvalue weighted by molar-refractivity contribution is 5.80. The Kier molecular flexibility index (Phi) is 3.28. The van der Waals surface area contributed by atoms with Gasteiger partial charge in [0.15, 0.2) is 0 Å². The number of halogens is 2. The number of alkyl halides is 2. The number of amides is 1. The van der Waals surface area contributed by atoms with Gasteiger partial charge in [0.2, 0.25) is 11.8 Å². The molecule has 0 radical (unpaired) electrons. The first kappa shape index (κ1) is 13.3. The standard InChI is InChI=1S/C14H22F2N2O/c15-14(16)6-10(7-14)13(19)18-12-8-2-1-3-9(12)5-11(17)4-8/h8-12H,1-7,17H2,(H,18,19). The molecule has 0 aromatic rings. The van der Waals surface area contributed by atoms with Crippen molar-refractivity contribution in [3.8, 4) is 0 Å². The summed E-state index contributed by atoms with van der Waals surface area (Å²) in [6, 6.07) is 0.423. The second-order valence-corrected chi connectivity index (χ2v) is 6.68. The smallest absolute Gasteiger partial charge is 0.249 e. The van der Waals surface area contributed by atoms with E-state index in [-0.39, 0.29) is 30.8 Å². The van der Waals surface area contributed by atoms with Gasteiger partial charge in [-0.25, -0.2) is 8.78 Å². The van der Waals surface area contributed by atoms with Crippen LogP contribution in [0.2, 0.25) is 0 Å². The van der Waals surface area contributed by atoms with Crippen LogP contribution in [0.25, 0.3) is 0 Å². The lowest BCUT2D eigenvalue weighted by atomic mass is 9.66. The monoisotopic (exact) mass is 272 g/mol. The third-order valence-corrected chi connectivity index (χ3v) is 5.15. The lowest BCUT2D eigenvalue weighted by Crippen LogP contribution is -2.56. The normalized spacial score (nSPS) is 41.4. The van der Waals surface area contributed by atoms with Crippen molar-refractivity contribution >= 4 is 5.91 Å². The van der Waals surface area contributed by atoms with Crippen LogP contribution in [0, 0.1) is 17.8 Å². The number of carbonyl (C=O) groups excluding carboxylic acids is 1. The molecule has 3 rings (SSSR count). The van der Waals surface area contributed by atoms with Crippen LogP contribution in [0.4, 0.5) is 8.78 Å². The van der Waals surface area contributed by atoms with Crippen LogP contribution in [0.1, 0.15) is 44.9 Å². The maximum absolute atomic E-state index is 12.8. The molecule has 2 unspecified atom stereocenters. The van der Waals surface area contributed by atoms with Crippen molar-refractivity contribution in [1.29, 1.82) is 0 Å². The van der Waals surface area contributed by atoms with Crippen molar-refractivity contribution in [3.63, 3.8) is 0 Å². The van der Waals surface area contributed by atoms with Gasteiger partial charge in [0.05, 0.1) is 0 Å². The fraction of sp³-hybridized carbons (Fsp3) is 0.929. The molecule has 108 valence electrons. The predicted molar refractivity (Wildman–Crippen MR) is 67.6 cm³/mol. The average Bonchev–Trinajstić information content (AvgIpc) is 2.27. The Morgan fingerprint density at radius 1 is 1.16 bits per heavy atom. The van der Waals surface area contributed by atoms with E-state index in [1.807, 2.05) is 0 Å². The molecule has 1 amide bonds. The Morgan fingerprint density at radius 2 is 1.74 bits per heavy atom. The molecule has 3 N–H and O–H groups in total. The minimum Gasteiger partial charge on any atom is -0.353 e. The third-order valence-electron chi connectivity index (χ3n) is 5.15. The molecule has 3 aliphatic rings. The highest BCUT2D eigenvalue weighted by Gasteiger charge is 2.50. The first-order chi connectivity index (χ1) is 8.94. The van der Waals surface area contributed by atoms with Crippen molar-refractivity contribution in [1.82, 2.24) is 5.32 Å². The van der Waals surface area contributed by atoms with Gasteiger partial charge in [0.1, 0.15) is 0 Å². The molecule has 0 spiro atoms. The number of carbonyl (C=O) groups is 1. The van der Waals surface area contributed by atoms with Crippen LogP contribution in [0.3, 0.4) is 0 Å². The molecule has 0 aromatic carbocycles. The third kappa shape index (κ3) is 2.62. The zero-order valence-corrected chi connectivity index (χ0v) is 11.1.